The zero-order chi connectivity index (χ0) is 15.8. The zero-order valence-electron chi connectivity index (χ0n) is 11.8. The fourth-order valence-corrected chi connectivity index (χ4v) is 2.00. The molecule has 0 atom stereocenters. The summed E-state index contributed by atoms with van der Waals surface area (Å²) in [7, 11) is 0. The minimum atomic E-state index is 0.0544. The van der Waals surface area contributed by atoms with Gasteiger partial charge in [-0.05, 0) is 47.5 Å². The minimum absolute atomic E-state index is 0.0544. The highest BCUT2D eigenvalue weighted by Gasteiger charge is 2.01. The maximum Gasteiger partial charge on any atom is 0.119 e. The predicted octanol–water partition coefficient (Wildman–Crippen LogP) is 3.49. The van der Waals surface area contributed by atoms with E-state index in [0.717, 1.165) is 16.9 Å². The van der Waals surface area contributed by atoms with Crippen LogP contribution < -0.4 is 10.2 Å². The molecule has 0 aliphatic rings. The number of nitrogens with one attached hydrogen (secondary N) is 1. The van der Waals surface area contributed by atoms with Crippen molar-refractivity contribution in [3.05, 3.63) is 63.6 Å². The molecule has 0 amide bonds. The first-order valence-corrected chi connectivity index (χ1v) is 7.48. The van der Waals surface area contributed by atoms with E-state index in [1.165, 1.54) is 0 Å². The highest BCUT2D eigenvalue weighted by molar-refractivity contribution is 6.42. The van der Waals surface area contributed by atoms with Crippen molar-refractivity contribution in [3.8, 4) is 5.75 Å². The summed E-state index contributed by atoms with van der Waals surface area (Å²) < 4.78 is 5.69. The van der Waals surface area contributed by atoms with Gasteiger partial charge in [0.25, 0.3) is 0 Å². The quantitative estimate of drug-likeness (QED) is 0.461. The van der Waals surface area contributed by atoms with E-state index in [9.17, 15) is 0 Å². The van der Waals surface area contributed by atoms with Crippen LogP contribution in [0.25, 0.3) is 0 Å². The molecule has 6 heteroatoms. The summed E-state index contributed by atoms with van der Waals surface area (Å²) in [6, 6.07) is 12.9. The van der Waals surface area contributed by atoms with Crippen molar-refractivity contribution in [1.82, 2.24) is 5.43 Å². The molecule has 2 aromatic carbocycles. The van der Waals surface area contributed by atoms with Gasteiger partial charge in [0.05, 0.1) is 29.4 Å². The molecule has 4 nitrogen and oxygen atoms in total. The Balaban J connectivity index is 1.88. The molecule has 0 radical (unpaired) electrons. The van der Waals surface area contributed by atoms with E-state index in [-0.39, 0.29) is 6.61 Å². The molecule has 0 spiro atoms. The molecule has 0 saturated heterocycles. The number of hydrogen-bond donors (Lipinski definition) is 2. The topological polar surface area (TPSA) is 53.8 Å². The van der Waals surface area contributed by atoms with Gasteiger partial charge in [0.15, 0.2) is 0 Å². The summed E-state index contributed by atoms with van der Waals surface area (Å²) in [6.07, 6.45) is 1.68. The number of ether oxygens (including phenoxy) is 1. The Morgan fingerprint density at radius 3 is 2.55 bits per heavy atom. The summed E-state index contributed by atoms with van der Waals surface area (Å²) >= 11 is 11.8. The standard InChI is InChI=1S/C16H16Cl2N2O2/c17-15-6-3-13(9-16(15)18)11-22-14-4-1-12(2-5-14)10-20-19-7-8-21/h1-6,9-10,19,21H,7-8,11H2. The van der Waals surface area contributed by atoms with Crippen molar-refractivity contribution in [2.45, 2.75) is 6.61 Å². The molecule has 2 N–H and O–H groups in total. The first-order valence-electron chi connectivity index (χ1n) is 6.72. The molecular weight excluding hydrogens is 323 g/mol. The van der Waals surface area contributed by atoms with E-state index in [1.54, 1.807) is 18.3 Å². The monoisotopic (exact) mass is 338 g/mol. The van der Waals surface area contributed by atoms with Gasteiger partial charge in [-0.1, -0.05) is 29.3 Å². The van der Waals surface area contributed by atoms with Gasteiger partial charge in [-0.2, -0.15) is 5.10 Å². The number of rotatable bonds is 7. The van der Waals surface area contributed by atoms with Crippen molar-refractivity contribution in [1.29, 1.82) is 0 Å². The molecule has 2 rings (SSSR count). The van der Waals surface area contributed by atoms with Crippen LogP contribution in [0.15, 0.2) is 47.6 Å². The summed E-state index contributed by atoms with van der Waals surface area (Å²) in [5, 5.41) is 13.6. The van der Waals surface area contributed by atoms with Crippen molar-refractivity contribution in [2.75, 3.05) is 13.2 Å². The SMILES string of the molecule is OCCNN=Cc1ccc(OCc2ccc(Cl)c(Cl)c2)cc1. The van der Waals surface area contributed by atoms with Gasteiger partial charge in [0.2, 0.25) is 0 Å². The maximum absolute atomic E-state index is 8.62. The smallest absolute Gasteiger partial charge is 0.119 e. The average molecular weight is 339 g/mol. The Bertz CT molecular complexity index is 631. The molecule has 0 aliphatic carbocycles. The third-order valence-electron chi connectivity index (χ3n) is 2.80. The molecule has 0 unspecified atom stereocenters. The maximum atomic E-state index is 8.62. The highest BCUT2D eigenvalue weighted by Crippen LogP contribution is 2.23. The molecular formula is C16H16Cl2N2O2. The lowest BCUT2D eigenvalue weighted by molar-refractivity contribution is 0.294. The largest absolute Gasteiger partial charge is 0.489 e. The van der Waals surface area contributed by atoms with Gasteiger partial charge in [-0.25, -0.2) is 0 Å². The average Bonchev–Trinajstić information content (AvgIpc) is 2.54. The molecule has 2 aromatic rings. The summed E-state index contributed by atoms with van der Waals surface area (Å²) in [5.41, 5.74) is 4.61. The van der Waals surface area contributed by atoms with Crippen LogP contribution >= 0.6 is 23.2 Å². The second-order valence-corrected chi connectivity index (χ2v) is 5.31. The van der Waals surface area contributed by atoms with Gasteiger partial charge in [-0.3, -0.25) is 0 Å². The van der Waals surface area contributed by atoms with Crippen LogP contribution in [0.2, 0.25) is 10.0 Å². The first kappa shape index (κ1) is 16.6. The third kappa shape index (κ3) is 5.22. The lowest BCUT2D eigenvalue weighted by Crippen LogP contribution is -2.11. The van der Waals surface area contributed by atoms with Crippen LogP contribution in [-0.2, 0) is 6.61 Å². The lowest BCUT2D eigenvalue weighted by atomic mass is 10.2. The minimum Gasteiger partial charge on any atom is -0.489 e. The number of halogens is 2. The summed E-state index contributed by atoms with van der Waals surface area (Å²) in [6.45, 7) is 0.905. The van der Waals surface area contributed by atoms with E-state index >= 15 is 0 Å². The molecule has 0 aromatic heterocycles. The van der Waals surface area contributed by atoms with E-state index in [0.29, 0.717) is 23.2 Å². The van der Waals surface area contributed by atoms with Gasteiger partial charge in [0, 0.05) is 0 Å². The van der Waals surface area contributed by atoms with Gasteiger partial charge < -0.3 is 15.3 Å². The predicted molar refractivity (Wildman–Crippen MR) is 89.9 cm³/mol. The second-order valence-electron chi connectivity index (χ2n) is 4.50. The molecule has 22 heavy (non-hydrogen) atoms. The van der Waals surface area contributed by atoms with Crippen LogP contribution in [-0.4, -0.2) is 24.5 Å². The number of aliphatic hydroxyl groups is 1. The number of nitrogens with zero attached hydrogens (tertiary/aromatic N) is 1. The van der Waals surface area contributed by atoms with Crippen LogP contribution in [0.3, 0.4) is 0 Å². The van der Waals surface area contributed by atoms with E-state index in [2.05, 4.69) is 10.5 Å². The van der Waals surface area contributed by atoms with Crippen molar-refractivity contribution in [2.24, 2.45) is 5.10 Å². The second kappa shape index (κ2) is 8.63. The van der Waals surface area contributed by atoms with Crippen molar-refractivity contribution in [3.63, 3.8) is 0 Å². The van der Waals surface area contributed by atoms with Gasteiger partial charge >= 0.3 is 0 Å². The molecule has 0 aliphatic heterocycles. The van der Waals surface area contributed by atoms with E-state index in [4.69, 9.17) is 33.0 Å². The fraction of sp³-hybridized carbons (Fsp3) is 0.188. The van der Waals surface area contributed by atoms with E-state index < -0.39 is 0 Å². The number of benzene rings is 2. The van der Waals surface area contributed by atoms with Crippen LogP contribution in [0.4, 0.5) is 0 Å². The number of hydrazone groups is 1. The van der Waals surface area contributed by atoms with Crippen LogP contribution in [0, 0.1) is 0 Å². The van der Waals surface area contributed by atoms with Crippen LogP contribution in [0.1, 0.15) is 11.1 Å². The first-order chi connectivity index (χ1) is 10.7. The van der Waals surface area contributed by atoms with Gasteiger partial charge in [-0.15, -0.1) is 0 Å². The van der Waals surface area contributed by atoms with Crippen molar-refractivity contribution < 1.29 is 9.84 Å². The Kier molecular flexibility index (Phi) is 6.52. The molecule has 0 fully saturated rings. The normalized spacial score (nSPS) is 10.9. The Hall–Kier alpha value is -1.75. The number of aliphatic hydroxyl groups excluding tert-OH is 1. The van der Waals surface area contributed by atoms with Gasteiger partial charge in [0.1, 0.15) is 12.4 Å². The van der Waals surface area contributed by atoms with E-state index in [1.807, 2.05) is 30.3 Å². The fourth-order valence-electron chi connectivity index (χ4n) is 1.68. The Labute approximate surface area is 139 Å². The lowest BCUT2D eigenvalue weighted by Gasteiger charge is -2.07. The molecule has 116 valence electrons. The number of hydrogen-bond acceptors (Lipinski definition) is 4. The van der Waals surface area contributed by atoms with Crippen LogP contribution in [0.5, 0.6) is 5.75 Å². The summed E-state index contributed by atoms with van der Waals surface area (Å²) in [4.78, 5) is 0. The molecule has 0 heterocycles. The zero-order valence-corrected chi connectivity index (χ0v) is 13.3. The molecule has 0 bridgehead atoms. The summed E-state index contributed by atoms with van der Waals surface area (Å²) in [5.74, 6) is 0.756. The highest BCUT2D eigenvalue weighted by atomic mass is 35.5. The Morgan fingerprint density at radius 1 is 1.09 bits per heavy atom. The van der Waals surface area contributed by atoms with Crippen molar-refractivity contribution >= 4 is 29.4 Å². The third-order valence-corrected chi connectivity index (χ3v) is 3.54. The Morgan fingerprint density at radius 2 is 1.86 bits per heavy atom. The molecule has 0 saturated carbocycles.